The molecule has 7 nitrogen and oxygen atoms in total. The van der Waals surface area contributed by atoms with Crippen LogP contribution in [-0.4, -0.2) is 67.0 Å². The lowest BCUT2D eigenvalue weighted by Gasteiger charge is -2.25. The Morgan fingerprint density at radius 1 is 1.37 bits per heavy atom. The van der Waals surface area contributed by atoms with Crippen LogP contribution in [0.15, 0.2) is 0 Å². The van der Waals surface area contributed by atoms with Gasteiger partial charge in [-0.25, -0.2) is 8.42 Å². The number of aliphatic carboxylic acids is 1. The largest absolute Gasteiger partial charge is 0.480 e. The van der Waals surface area contributed by atoms with Gasteiger partial charge in [0, 0.05) is 12.1 Å². The van der Waals surface area contributed by atoms with Crippen molar-refractivity contribution in [3.8, 4) is 0 Å². The van der Waals surface area contributed by atoms with Gasteiger partial charge in [0.15, 0.2) is 9.84 Å². The fraction of sp³-hybridized carbons (Fsp3) is 0.818. The summed E-state index contributed by atoms with van der Waals surface area (Å²) in [5, 5.41) is 11.5. The molecule has 1 saturated heterocycles. The van der Waals surface area contributed by atoms with E-state index in [1.807, 2.05) is 0 Å². The predicted molar refractivity (Wildman–Crippen MR) is 69.5 cm³/mol. The van der Waals surface area contributed by atoms with E-state index in [9.17, 15) is 18.0 Å². The maximum atomic E-state index is 11.7. The van der Waals surface area contributed by atoms with Gasteiger partial charge in [0.25, 0.3) is 0 Å². The fourth-order valence-corrected chi connectivity index (χ4v) is 3.86. The van der Waals surface area contributed by atoms with E-state index in [0.717, 1.165) is 0 Å². The number of carboxylic acids is 1. The number of carbonyl (C=O) groups excluding carboxylic acids is 1. The predicted octanol–water partition coefficient (Wildman–Crippen LogP) is -0.915. The van der Waals surface area contributed by atoms with Crippen molar-refractivity contribution in [2.45, 2.75) is 32.4 Å². The zero-order chi connectivity index (χ0) is 14.6. The van der Waals surface area contributed by atoms with Gasteiger partial charge in [0.1, 0.15) is 0 Å². The highest BCUT2D eigenvalue weighted by molar-refractivity contribution is 7.91. The summed E-state index contributed by atoms with van der Waals surface area (Å²) in [6.45, 7) is 3.19. The van der Waals surface area contributed by atoms with Gasteiger partial charge in [0.2, 0.25) is 5.91 Å². The Kier molecular flexibility index (Phi) is 5.30. The molecule has 1 amide bonds. The van der Waals surface area contributed by atoms with Crippen molar-refractivity contribution in [1.29, 1.82) is 0 Å². The number of nitrogens with one attached hydrogen (secondary N) is 1. The SMILES string of the molecule is CC(C)NC(=O)CN(CC(=O)O)C1CCS(=O)(=O)C1. The summed E-state index contributed by atoms with van der Waals surface area (Å²) in [5.74, 6) is -1.38. The van der Waals surface area contributed by atoms with Crippen LogP contribution in [0.1, 0.15) is 20.3 Å². The molecule has 1 aliphatic rings. The van der Waals surface area contributed by atoms with Crippen LogP contribution in [0.4, 0.5) is 0 Å². The molecule has 0 bridgehead atoms. The Bertz CT molecular complexity index is 446. The highest BCUT2D eigenvalue weighted by atomic mass is 32.2. The summed E-state index contributed by atoms with van der Waals surface area (Å²) in [7, 11) is -3.10. The molecule has 1 fully saturated rings. The molecule has 1 heterocycles. The summed E-state index contributed by atoms with van der Waals surface area (Å²) >= 11 is 0. The number of hydrogen-bond acceptors (Lipinski definition) is 5. The van der Waals surface area contributed by atoms with E-state index in [0.29, 0.717) is 6.42 Å². The first kappa shape index (κ1) is 15.9. The molecule has 2 N–H and O–H groups in total. The molecule has 0 aromatic carbocycles. The van der Waals surface area contributed by atoms with Crippen molar-refractivity contribution in [2.75, 3.05) is 24.6 Å². The van der Waals surface area contributed by atoms with Gasteiger partial charge < -0.3 is 10.4 Å². The van der Waals surface area contributed by atoms with Gasteiger partial charge in [0.05, 0.1) is 24.6 Å². The number of hydrogen-bond donors (Lipinski definition) is 2. The van der Waals surface area contributed by atoms with Crippen LogP contribution in [0.2, 0.25) is 0 Å². The average molecular weight is 292 g/mol. The number of nitrogens with zero attached hydrogens (tertiary/aromatic N) is 1. The Balaban J connectivity index is 2.67. The molecular formula is C11H20N2O5S. The van der Waals surface area contributed by atoms with Crippen LogP contribution in [0.3, 0.4) is 0 Å². The van der Waals surface area contributed by atoms with Gasteiger partial charge in [-0.3, -0.25) is 14.5 Å². The molecule has 19 heavy (non-hydrogen) atoms. The van der Waals surface area contributed by atoms with Crippen LogP contribution >= 0.6 is 0 Å². The van der Waals surface area contributed by atoms with Crippen molar-refractivity contribution in [2.24, 2.45) is 0 Å². The zero-order valence-corrected chi connectivity index (χ0v) is 11.9. The molecule has 0 spiro atoms. The number of carbonyl (C=O) groups is 2. The number of rotatable bonds is 6. The second-order valence-electron chi connectivity index (χ2n) is 5.08. The lowest BCUT2D eigenvalue weighted by molar-refractivity contribution is -0.139. The maximum absolute atomic E-state index is 11.7. The molecule has 110 valence electrons. The van der Waals surface area contributed by atoms with Crippen molar-refractivity contribution in [1.82, 2.24) is 10.2 Å². The number of amides is 1. The van der Waals surface area contributed by atoms with Gasteiger partial charge in [-0.05, 0) is 20.3 Å². The third-order valence-electron chi connectivity index (χ3n) is 2.86. The third-order valence-corrected chi connectivity index (χ3v) is 4.61. The average Bonchev–Trinajstić information content (AvgIpc) is 2.55. The van der Waals surface area contributed by atoms with E-state index < -0.39 is 15.8 Å². The Labute approximate surface area is 112 Å². The van der Waals surface area contributed by atoms with E-state index in [1.54, 1.807) is 13.8 Å². The molecule has 0 aromatic heterocycles. The highest BCUT2D eigenvalue weighted by Crippen LogP contribution is 2.17. The standard InChI is InChI=1S/C11H20N2O5S/c1-8(2)12-10(14)5-13(6-11(15)16)9-3-4-19(17,18)7-9/h8-9H,3-7H2,1-2H3,(H,12,14)(H,15,16). The molecule has 0 radical (unpaired) electrons. The second kappa shape index (κ2) is 6.33. The van der Waals surface area contributed by atoms with Crippen LogP contribution in [0.5, 0.6) is 0 Å². The Morgan fingerprint density at radius 3 is 2.42 bits per heavy atom. The quantitative estimate of drug-likeness (QED) is 0.656. The molecule has 8 heteroatoms. The van der Waals surface area contributed by atoms with E-state index in [4.69, 9.17) is 5.11 Å². The van der Waals surface area contributed by atoms with Crippen molar-refractivity contribution < 1.29 is 23.1 Å². The van der Waals surface area contributed by atoms with E-state index in [1.165, 1.54) is 4.90 Å². The molecule has 1 unspecified atom stereocenters. The molecule has 1 atom stereocenters. The molecule has 1 aliphatic heterocycles. The molecule has 0 aromatic rings. The normalized spacial score (nSPS) is 21.8. The minimum Gasteiger partial charge on any atom is -0.480 e. The highest BCUT2D eigenvalue weighted by Gasteiger charge is 2.33. The van der Waals surface area contributed by atoms with Gasteiger partial charge >= 0.3 is 5.97 Å². The molecule has 1 rings (SSSR count). The van der Waals surface area contributed by atoms with Crippen LogP contribution in [-0.2, 0) is 19.4 Å². The molecule has 0 saturated carbocycles. The minimum absolute atomic E-state index is 0.0357. The third kappa shape index (κ3) is 5.56. The molecule has 0 aliphatic carbocycles. The summed E-state index contributed by atoms with van der Waals surface area (Å²) in [5.41, 5.74) is 0. The van der Waals surface area contributed by atoms with Crippen LogP contribution in [0, 0.1) is 0 Å². The minimum atomic E-state index is -3.10. The Hall–Kier alpha value is -1.15. The van der Waals surface area contributed by atoms with Crippen LogP contribution in [0.25, 0.3) is 0 Å². The lowest BCUT2D eigenvalue weighted by atomic mass is 10.2. The first-order valence-corrected chi connectivity index (χ1v) is 7.97. The van der Waals surface area contributed by atoms with E-state index in [2.05, 4.69) is 5.32 Å². The maximum Gasteiger partial charge on any atom is 0.317 e. The summed E-state index contributed by atoms with van der Waals surface area (Å²) in [6.07, 6.45) is 0.380. The zero-order valence-electron chi connectivity index (χ0n) is 11.1. The van der Waals surface area contributed by atoms with Crippen LogP contribution < -0.4 is 5.32 Å². The number of sulfone groups is 1. The molecular weight excluding hydrogens is 272 g/mol. The lowest BCUT2D eigenvalue weighted by Crippen LogP contribution is -2.47. The summed E-state index contributed by atoms with van der Waals surface area (Å²) < 4.78 is 22.8. The first-order valence-electron chi connectivity index (χ1n) is 6.15. The smallest absolute Gasteiger partial charge is 0.317 e. The first-order chi connectivity index (χ1) is 8.69. The topological polar surface area (TPSA) is 104 Å². The van der Waals surface area contributed by atoms with Crippen molar-refractivity contribution in [3.63, 3.8) is 0 Å². The van der Waals surface area contributed by atoms with E-state index in [-0.39, 0.29) is 42.6 Å². The van der Waals surface area contributed by atoms with Crippen molar-refractivity contribution >= 4 is 21.7 Å². The van der Waals surface area contributed by atoms with E-state index >= 15 is 0 Å². The van der Waals surface area contributed by atoms with Gasteiger partial charge in [-0.1, -0.05) is 0 Å². The second-order valence-corrected chi connectivity index (χ2v) is 7.31. The van der Waals surface area contributed by atoms with Gasteiger partial charge in [-0.15, -0.1) is 0 Å². The Morgan fingerprint density at radius 2 is 2.00 bits per heavy atom. The van der Waals surface area contributed by atoms with Crippen molar-refractivity contribution in [3.05, 3.63) is 0 Å². The summed E-state index contributed by atoms with van der Waals surface area (Å²) in [4.78, 5) is 23.9. The fourth-order valence-electron chi connectivity index (χ4n) is 2.10. The summed E-state index contributed by atoms with van der Waals surface area (Å²) in [6, 6.07) is -0.425. The monoisotopic (exact) mass is 292 g/mol. The number of carboxylic acid groups (broad SMARTS) is 1. The van der Waals surface area contributed by atoms with Gasteiger partial charge in [-0.2, -0.15) is 0 Å².